The summed E-state index contributed by atoms with van der Waals surface area (Å²) in [7, 11) is -2.01. The van der Waals surface area contributed by atoms with Crippen LogP contribution in [0.4, 0.5) is 28.8 Å². The van der Waals surface area contributed by atoms with Crippen LogP contribution in [0.15, 0.2) is 48.7 Å². The zero-order valence-electron chi connectivity index (χ0n) is 16.0. The summed E-state index contributed by atoms with van der Waals surface area (Å²) in [4.78, 5) is 8.61. The van der Waals surface area contributed by atoms with E-state index in [-0.39, 0.29) is 5.02 Å². The summed E-state index contributed by atoms with van der Waals surface area (Å²) in [5, 5.41) is 6.47. The molecule has 3 rings (SSSR count). The van der Waals surface area contributed by atoms with Gasteiger partial charge in [-0.05, 0) is 30.7 Å². The van der Waals surface area contributed by atoms with Crippen molar-refractivity contribution in [3.05, 3.63) is 59.2 Å². The lowest BCUT2D eigenvalue weighted by Crippen LogP contribution is -2.11. The van der Waals surface area contributed by atoms with E-state index in [1.54, 1.807) is 18.2 Å². The van der Waals surface area contributed by atoms with E-state index in [2.05, 4.69) is 25.3 Å². The largest absolute Gasteiger partial charge is 0.497 e. The van der Waals surface area contributed by atoms with Crippen LogP contribution < -0.4 is 20.1 Å². The molecule has 0 unspecified atom stereocenters. The van der Waals surface area contributed by atoms with Gasteiger partial charge in [0.05, 0.1) is 30.9 Å². The van der Waals surface area contributed by atoms with Crippen LogP contribution in [0.5, 0.6) is 5.75 Å². The Morgan fingerprint density at radius 2 is 1.79 bits per heavy atom. The van der Waals surface area contributed by atoms with Crippen LogP contribution in [0, 0.1) is 6.92 Å². The first-order chi connectivity index (χ1) is 13.7. The molecule has 152 valence electrons. The van der Waals surface area contributed by atoms with Crippen LogP contribution in [-0.2, 0) is 10.0 Å². The lowest BCUT2D eigenvalue weighted by atomic mass is 10.2. The van der Waals surface area contributed by atoms with Crippen molar-refractivity contribution in [2.45, 2.75) is 6.92 Å². The summed E-state index contributed by atoms with van der Waals surface area (Å²) in [5.41, 5.74) is 2.66. The lowest BCUT2D eigenvalue weighted by molar-refractivity contribution is 0.415. The van der Waals surface area contributed by atoms with E-state index in [9.17, 15) is 8.42 Å². The van der Waals surface area contributed by atoms with Gasteiger partial charge in [-0.3, -0.25) is 4.72 Å². The van der Waals surface area contributed by atoms with Crippen molar-refractivity contribution in [1.82, 2.24) is 9.97 Å². The van der Waals surface area contributed by atoms with Crippen molar-refractivity contribution in [2.75, 3.05) is 28.7 Å². The number of aryl methyl sites for hydroxylation is 1. The molecule has 3 N–H and O–H groups in total. The van der Waals surface area contributed by atoms with Crippen molar-refractivity contribution in [2.24, 2.45) is 0 Å². The van der Waals surface area contributed by atoms with Gasteiger partial charge < -0.3 is 15.4 Å². The van der Waals surface area contributed by atoms with Crippen molar-refractivity contribution < 1.29 is 13.2 Å². The highest BCUT2D eigenvalue weighted by molar-refractivity contribution is 7.92. The van der Waals surface area contributed by atoms with Crippen LogP contribution in [-0.4, -0.2) is 31.8 Å². The van der Waals surface area contributed by atoms with E-state index >= 15 is 0 Å². The molecule has 0 aliphatic heterocycles. The van der Waals surface area contributed by atoms with Crippen LogP contribution >= 0.6 is 11.6 Å². The molecule has 0 saturated heterocycles. The maximum absolute atomic E-state index is 11.7. The Hall–Kier alpha value is -3.04. The Bertz CT molecular complexity index is 1140. The molecule has 8 nitrogen and oxygen atoms in total. The number of nitrogens with zero attached hydrogens (tertiary/aromatic N) is 2. The number of anilines is 5. The zero-order valence-corrected chi connectivity index (χ0v) is 17.6. The predicted octanol–water partition coefficient (Wildman–Crippen LogP) is 4.31. The number of aromatic nitrogens is 2. The molecule has 1 aromatic heterocycles. The highest BCUT2D eigenvalue weighted by atomic mass is 35.5. The standard InChI is InChI=1S/C19H20ClN5O3S/c1-12-6-4-5-7-15(12)23-19-21-11-14(20)18(24-19)22-16-9-8-13(28-2)10-17(16)25-29(3,26)27/h4-11,25H,1-3H3,(H2,21,22,23,24). The number of nitrogens with one attached hydrogen (secondary N) is 3. The van der Waals surface area contributed by atoms with Crippen LogP contribution in [0.1, 0.15) is 5.56 Å². The van der Waals surface area contributed by atoms with Crippen molar-refractivity contribution in [3.8, 4) is 5.75 Å². The zero-order chi connectivity index (χ0) is 21.0. The molecule has 2 aromatic carbocycles. The normalized spacial score (nSPS) is 11.0. The summed E-state index contributed by atoms with van der Waals surface area (Å²) in [6.07, 6.45) is 2.53. The van der Waals surface area contributed by atoms with Gasteiger partial charge >= 0.3 is 0 Å². The topological polar surface area (TPSA) is 105 Å². The second kappa shape index (κ2) is 8.54. The van der Waals surface area contributed by atoms with E-state index in [1.807, 2.05) is 31.2 Å². The predicted molar refractivity (Wildman–Crippen MR) is 116 cm³/mol. The SMILES string of the molecule is COc1ccc(Nc2nc(Nc3ccccc3C)ncc2Cl)c(NS(C)(=O)=O)c1. The first kappa shape index (κ1) is 20.7. The van der Waals surface area contributed by atoms with Crippen molar-refractivity contribution in [3.63, 3.8) is 0 Å². The van der Waals surface area contributed by atoms with E-state index in [0.717, 1.165) is 17.5 Å². The Balaban J connectivity index is 1.93. The second-order valence-corrected chi connectivity index (χ2v) is 8.40. The quantitative estimate of drug-likeness (QED) is 0.510. The van der Waals surface area contributed by atoms with E-state index < -0.39 is 10.0 Å². The Morgan fingerprint density at radius 3 is 2.48 bits per heavy atom. The van der Waals surface area contributed by atoms with Gasteiger partial charge in [-0.25, -0.2) is 13.4 Å². The van der Waals surface area contributed by atoms with Crippen molar-refractivity contribution in [1.29, 1.82) is 0 Å². The average molecular weight is 434 g/mol. The molecule has 0 spiro atoms. The highest BCUT2D eigenvalue weighted by Crippen LogP contribution is 2.32. The molecule has 29 heavy (non-hydrogen) atoms. The minimum atomic E-state index is -3.50. The third-order valence-corrected chi connectivity index (χ3v) is 4.78. The molecule has 10 heteroatoms. The summed E-state index contributed by atoms with van der Waals surface area (Å²) < 4.78 is 31.1. The van der Waals surface area contributed by atoms with Gasteiger partial charge in [0.1, 0.15) is 10.8 Å². The molecule has 0 bridgehead atoms. The first-order valence-corrected chi connectivity index (χ1v) is 10.8. The molecule has 3 aromatic rings. The molecular weight excluding hydrogens is 414 g/mol. The second-order valence-electron chi connectivity index (χ2n) is 6.24. The van der Waals surface area contributed by atoms with E-state index in [0.29, 0.717) is 28.9 Å². The smallest absolute Gasteiger partial charge is 0.229 e. The Morgan fingerprint density at radius 1 is 1.03 bits per heavy atom. The number of benzene rings is 2. The number of rotatable bonds is 7. The number of ether oxygens (including phenoxy) is 1. The number of sulfonamides is 1. The first-order valence-electron chi connectivity index (χ1n) is 8.53. The lowest BCUT2D eigenvalue weighted by Gasteiger charge is -2.15. The molecule has 0 aliphatic carbocycles. The number of para-hydroxylation sites is 1. The summed E-state index contributed by atoms with van der Waals surface area (Å²) >= 11 is 6.25. The fourth-order valence-corrected chi connectivity index (χ4v) is 3.23. The molecule has 0 saturated carbocycles. The van der Waals surface area contributed by atoms with E-state index in [1.165, 1.54) is 13.3 Å². The molecule has 0 aliphatic rings. The minimum Gasteiger partial charge on any atom is -0.497 e. The molecule has 0 amide bonds. The summed E-state index contributed by atoms with van der Waals surface area (Å²) in [5.74, 6) is 1.16. The van der Waals surface area contributed by atoms with Gasteiger partial charge in [-0.1, -0.05) is 29.8 Å². The third-order valence-electron chi connectivity index (χ3n) is 3.91. The Kier molecular flexibility index (Phi) is 6.09. The minimum absolute atomic E-state index is 0.279. The van der Waals surface area contributed by atoms with Gasteiger partial charge in [0.2, 0.25) is 16.0 Å². The Labute approximate surface area is 174 Å². The van der Waals surface area contributed by atoms with E-state index in [4.69, 9.17) is 16.3 Å². The third kappa shape index (κ3) is 5.49. The number of halogens is 1. The van der Waals surface area contributed by atoms with Crippen LogP contribution in [0.25, 0.3) is 0 Å². The maximum Gasteiger partial charge on any atom is 0.229 e. The fourth-order valence-electron chi connectivity index (χ4n) is 2.52. The van der Waals surface area contributed by atoms with Gasteiger partial charge in [0.15, 0.2) is 5.82 Å². The number of hydrogen-bond acceptors (Lipinski definition) is 7. The molecule has 0 radical (unpaired) electrons. The van der Waals surface area contributed by atoms with Gasteiger partial charge in [0.25, 0.3) is 0 Å². The van der Waals surface area contributed by atoms with Crippen LogP contribution in [0.2, 0.25) is 5.02 Å². The molecular formula is C19H20ClN5O3S. The van der Waals surface area contributed by atoms with Crippen LogP contribution in [0.3, 0.4) is 0 Å². The molecule has 0 atom stereocenters. The van der Waals surface area contributed by atoms with Gasteiger partial charge in [-0.2, -0.15) is 4.98 Å². The maximum atomic E-state index is 11.7. The van der Waals surface area contributed by atoms with Crippen molar-refractivity contribution >= 4 is 50.5 Å². The molecule has 0 fully saturated rings. The number of methoxy groups -OCH3 is 1. The summed E-state index contributed by atoms with van der Waals surface area (Å²) in [6.45, 7) is 1.97. The van der Waals surface area contributed by atoms with Gasteiger partial charge in [-0.15, -0.1) is 0 Å². The van der Waals surface area contributed by atoms with Gasteiger partial charge in [0, 0.05) is 11.8 Å². The monoisotopic (exact) mass is 433 g/mol. The fraction of sp³-hybridized carbons (Fsp3) is 0.158. The highest BCUT2D eigenvalue weighted by Gasteiger charge is 2.13. The number of hydrogen-bond donors (Lipinski definition) is 3. The summed E-state index contributed by atoms with van der Waals surface area (Å²) in [6, 6.07) is 12.7. The average Bonchev–Trinajstić information content (AvgIpc) is 2.66. The molecule has 1 heterocycles.